The summed E-state index contributed by atoms with van der Waals surface area (Å²) in [7, 11) is 1.83. The summed E-state index contributed by atoms with van der Waals surface area (Å²) in [6.45, 7) is 8.99. The third-order valence-electron chi connectivity index (χ3n) is 5.18. The van der Waals surface area contributed by atoms with Crippen molar-refractivity contribution >= 4 is 0 Å². The van der Waals surface area contributed by atoms with E-state index in [9.17, 15) is 5.11 Å². The molecule has 3 unspecified atom stereocenters. The highest BCUT2D eigenvalue weighted by Crippen LogP contribution is 2.36. The van der Waals surface area contributed by atoms with E-state index in [4.69, 9.17) is 4.74 Å². The van der Waals surface area contributed by atoms with Gasteiger partial charge in [0.25, 0.3) is 0 Å². The molecule has 118 valence electrons. The van der Waals surface area contributed by atoms with Crippen LogP contribution in [-0.4, -0.2) is 60.0 Å². The van der Waals surface area contributed by atoms with Crippen molar-refractivity contribution in [3.05, 3.63) is 0 Å². The van der Waals surface area contributed by atoms with Gasteiger partial charge in [-0.05, 0) is 45.6 Å². The summed E-state index contributed by atoms with van der Waals surface area (Å²) >= 11 is 0. The Morgan fingerprint density at radius 3 is 2.75 bits per heavy atom. The van der Waals surface area contributed by atoms with Crippen molar-refractivity contribution in [2.75, 3.05) is 26.8 Å². The Bertz CT molecular complexity index is 324. The van der Waals surface area contributed by atoms with Crippen LogP contribution in [0.1, 0.15) is 52.9 Å². The second-order valence-corrected chi connectivity index (χ2v) is 7.36. The number of hydrogen-bond acceptors (Lipinski definition) is 4. The van der Waals surface area contributed by atoms with Gasteiger partial charge in [0.15, 0.2) is 0 Å². The summed E-state index contributed by atoms with van der Waals surface area (Å²) in [5.41, 5.74) is -0.0616. The first-order chi connectivity index (χ1) is 9.42. The van der Waals surface area contributed by atoms with Crippen LogP contribution >= 0.6 is 0 Å². The number of nitrogens with zero attached hydrogens (tertiary/aromatic N) is 1. The lowest BCUT2D eigenvalue weighted by Gasteiger charge is -2.43. The molecule has 2 rings (SSSR count). The normalized spacial score (nSPS) is 39.6. The van der Waals surface area contributed by atoms with E-state index in [1.165, 1.54) is 19.4 Å². The summed E-state index contributed by atoms with van der Waals surface area (Å²) in [5.74, 6) is 0. The molecular weight excluding hydrogens is 252 g/mol. The molecule has 1 heterocycles. The maximum Gasteiger partial charge on any atom is 0.0777 e. The summed E-state index contributed by atoms with van der Waals surface area (Å²) in [6.07, 6.45) is 5.68. The molecule has 0 radical (unpaired) electrons. The largest absolute Gasteiger partial charge is 0.394 e. The second kappa shape index (κ2) is 6.30. The van der Waals surface area contributed by atoms with Crippen LogP contribution in [0.5, 0.6) is 0 Å². The number of methoxy groups -OCH3 is 1. The molecule has 1 saturated carbocycles. The number of hydrogen-bond donors (Lipinski definition) is 2. The zero-order valence-electron chi connectivity index (χ0n) is 13.6. The smallest absolute Gasteiger partial charge is 0.0777 e. The van der Waals surface area contributed by atoms with E-state index in [-0.39, 0.29) is 17.7 Å². The topological polar surface area (TPSA) is 44.7 Å². The Morgan fingerprint density at radius 1 is 1.40 bits per heavy atom. The molecule has 0 aromatic rings. The van der Waals surface area contributed by atoms with Crippen molar-refractivity contribution in [3.63, 3.8) is 0 Å². The predicted molar refractivity (Wildman–Crippen MR) is 81.9 cm³/mol. The Balaban J connectivity index is 1.98. The van der Waals surface area contributed by atoms with Crippen LogP contribution in [0.25, 0.3) is 0 Å². The minimum absolute atomic E-state index is 0.00813. The number of ether oxygens (including phenoxy) is 1. The Kier molecular flexibility index (Phi) is 5.11. The quantitative estimate of drug-likeness (QED) is 0.807. The Hall–Kier alpha value is -0.160. The lowest BCUT2D eigenvalue weighted by Crippen LogP contribution is -2.53. The number of nitrogens with one attached hydrogen (secondary N) is 1. The van der Waals surface area contributed by atoms with Gasteiger partial charge in [-0.25, -0.2) is 0 Å². The highest BCUT2D eigenvalue weighted by atomic mass is 16.5. The molecule has 4 heteroatoms. The highest BCUT2D eigenvalue weighted by molar-refractivity contribution is 5.01. The standard InChI is InChI=1S/C16H32N2O2/c1-13(2)17-16(12-19)8-6-14(10-16)18-9-5-7-15(3,11-18)20-4/h13-14,17,19H,5-12H2,1-4H3. The molecule has 0 amide bonds. The summed E-state index contributed by atoms with van der Waals surface area (Å²) in [5, 5.41) is 13.4. The molecule has 20 heavy (non-hydrogen) atoms. The SMILES string of the molecule is COC1(C)CCCN(C2CCC(CO)(NC(C)C)C2)C1. The van der Waals surface area contributed by atoms with Gasteiger partial charge in [0, 0.05) is 31.3 Å². The first-order valence-electron chi connectivity index (χ1n) is 8.10. The fourth-order valence-corrected chi connectivity index (χ4v) is 4.06. The van der Waals surface area contributed by atoms with Crippen LogP contribution in [0.2, 0.25) is 0 Å². The third-order valence-corrected chi connectivity index (χ3v) is 5.18. The number of likely N-dealkylation sites (tertiary alicyclic amines) is 1. The van der Waals surface area contributed by atoms with Gasteiger partial charge in [-0.15, -0.1) is 0 Å². The summed E-state index contributed by atoms with van der Waals surface area (Å²) in [6, 6.07) is 1.01. The van der Waals surface area contributed by atoms with Gasteiger partial charge in [0.05, 0.1) is 12.2 Å². The van der Waals surface area contributed by atoms with Crippen molar-refractivity contribution in [1.29, 1.82) is 0 Å². The maximum absolute atomic E-state index is 9.82. The third kappa shape index (κ3) is 3.53. The fraction of sp³-hybridized carbons (Fsp3) is 1.00. The lowest BCUT2D eigenvalue weighted by atomic mass is 9.92. The molecule has 0 bridgehead atoms. The minimum Gasteiger partial charge on any atom is -0.394 e. The van der Waals surface area contributed by atoms with E-state index in [2.05, 4.69) is 31.0 Å². The van der Waals surface area contributed by atoms with Crippen molar-refractivity contribution in [2.45, 2.75) is 76.1 Å². The molecule has 4 nitrogen and oxygen atoms in total. The van der Waals surface area contributed by atoms with E-state index in [0.29, 0.717) is 12.1 Å². The molecule has 2 N–H and O–H groups in total. The molecule has 2 aliphatic rings. The molecule has 3 atom stereocenters. The van der Waals surface area contributed by atoms with Gasteiger partial charge < -0.3 is 15.2 Å². The minimum atomic E-state index is -0.0697. The zero-order valence-corrected chi connectivity index (χ0v) is 13.6. The number of rotatable bonds is 5. The van der Waals surface area contributed by atoms with E-state index in [1.54, 1.807) is 0 Å². The van der Waals surface area contributed by atoms with E-state index in [0.717, 1.165) is 25.8 Å². The molecule has 0 spiro atoms. The highest BCUT2D eigenvalue weighted by Gasteiger charge is 2.43. The summed E-state index contributed by atoms with van der Waals surface area (Å²) in [4.78, 5) is 2.59. The average molecular weight is 284 g/mol. The molecule has 1 saturated heterocycles. The number of piperidine rings is 1. The van der Waals surface area contributed by atoms with Crippen LogP contribution in [0.4, 0.5) is 0 Å². The molecule has 1 aliphatic heterocycles. The molecule has 0 aromatic heterocycles. The van der Waals surface area contributed by atoms with E-state index >= 15 is 0 Å². The van der Waals surface area contributed by atoms with Gasteiger partial charge in [0.2, 0.25) is 0 Å². The first kappa shape index (κ1) is 16.2. The first-order valence-corrected chi connectivity index (χ1v) is 8.10. The molecular formula is C16H32N2O2. The van der Waals surface area contributed by atoms with Gasteiger partial charge in [0.1, 0.15) is 0 Å². The summed E-state index contributed by atoms with van der Waals surface area (Å²) < 4.78 is 5.70. The Labute approximate surface area is 123 Å². The average Bonchev–Trinajstić information content (AvgIpc) is 2.83. The van der Waals surface area contributed by atoms with Crippen LogP contribution in [0, 0.1) is 0 Å². The monoisotopic (exact) mass is 284 g/mol. The van der Waals surface area contributed by atoms with Crippen molar-refractivity contribution in [3.8, 4) is 0 Å². The van der Waals surface area contributed by atoms with Crippen LogP contribution in [0.15, 0.2) is 0 Å². The van der Waals surface area contributed by atoms with E-state index < -0.39 is 0 Å². The second-order valence-electron chi connectivity index (χ2n) is 7.36. The van der Waals surface area contributed by atoms with Gasteiger partial charge >= 0.3 is 0 Å². The predicted octanol–water partition coefficient (Wildman–Crippen LogP) is 1.77. The van der Waals surface area contributed by atoms with Crippen LogP contribution in [0.3, 0.4) is 0 Å². The lowest BCUT2D eigenvalue weighted by molar-refractivity contribution is -0.0615. The Morgan fingerprint density at radius 2 is 2.15 bits per heavy atom. The maximum atomic E-state index is 9.82. The number of aliphatic hydroxyl groups is 1. The van der Waals surface area contributed by atoms with Gasteiger partial charge in [-0.1, -0.05) is 13.8 Å². The van der Waals surface area contributed by atoms with Gasteiger partial charge in [-0.2, -0.15) is 0 Å². The molecule has 0 aromatic carbocycles. The fourth-order valence-electron chi connectivity index (χ4n) is 4.06. The molecule has 2 fully saturated rings. The van der Waals surface area contributed by atoms with Crippen LogP contribution < -0.4 is 5.32 Å². The van der Waals surface area contributed by atoms with Crippen LogP contribution in [-0.2, 0) is 4.74 Å². The van der Waals surface area contributed by atoms with Crippen molar-refractivity contribution in [2.24, 2.45) is 0 Å². The van der Waals surface area contributed by atoms with Crippen molar-refractivity contribution < 1.29 is 9.84 Å². The zero-order chi connectivity index (χ0) is 14.8. The van der Waals surface area contributed by atoms with Gasteiger partial charge in [-0.3, -0.25) is 4.90 Å². The van der Waals surface area contributed by atoms with E-state index in [1.807, 2.05) is 7.11 Å². The number of aliphatic hydroxyl groups excluding tert-OH is 1. The van der Waals surface area contributed by atoms with Crippen molar-refractivity contribution in [1.82, 2.24) is 10.2 Å². The molecule has 1 aliphatic carbocycles.